The molecule has 0 aliphatic carbocycles. The van der Waals surface area contributed by atoms with Gasteiger partial charge in [-0.1, -0.05) is 36.5 Å². The van der Waals surface area contributed by atoms with Gasteiger partial charge in [0, 0.05) is 37.3 Å². The lowest BCUT2D eigenvalue weighted by Gasteiger charge is -2.17. The zero-order valence-electron chi connectivity index (χ0n) is 14.4. The Labute approximate surface area is 154 Å². The standard InChI is InChI=1S/C18H19N5O2S/c1-2-15-21-23-17(25)8-12(20-18(23)26-15)10-19-13-9-16(24)22(11-13)14-6-4-3-5-7-14/h3-8,13,19H,2,9-11H2,1H3/t13-/m1/s1. The molecule has 0 bridgehead atoms. The maximum absolute atomic E-state index is 12.3. The fourth-order valence-electron chi connectivity index (χ4n) is 3.08. The van der Waals surface area contributed by atoms with Crippen molar-refractivity contribution in [1.29, 1.82) is 0 Å². The number of aromatic nitrogens is 3. The van der Waals surface area contributed by atoms with Gasteiger partial charge < -0.3 is 10.2 Å². The number of nitrogens with one attached hydrogen (secondary N) is 1. The Hall–Kier alpha value is -2.58. The van der Waals surface area contributed by atoms with E-state index in [-0.39, 0.29) is 17.5 Å². The van der Waals surface area contributed by atoms with Crippen LogP contribution in [0.4, 0.5) is 5.69 Å². The molecular formula is C18H19N5O2S. The zero-order chi connectivity index (χ0) is 18.1. The minimum Gasteiger partial charge on any atom is -0.311 e. The summed E-state index contributed by atoms with van der Waals surface area (Å²) in [5, 5.41) is 8.49. The number of rotatable bonds is 5. The minimum atomic E-state index is -0.170. The van der Waals surface area contributed by atoms with E-state index in [1.807, 2.05) is 37.3 Å². The molecular weight excluding hydrogens is 350 g/mol. The third-order valence-electron chi connectivity index (χ3n) is 4.41. The average Bonchev–Trinajstić information content (AvgIpc) is 3.24. The van der Waals surface area contributed by atoms with Gasteiger partial charge in [-0.25, -0.2) is 4.98 Å². The summed E-state index contributed by atoms with van der Waals surface area (Å²) in [5.41, 5.74) is 1.42. The van der Waals surface area contributed by atoms with Crippen molar-refractivity contribution in [3.63, 3.8) is 0 Å². The van der Waals surface area contributed by atoms with Gasteiger partial charge in [0.15, 0.2) is 0 Å². The first-order chi connectivity index (χ1) is 12.6. The van der Waals surface area contributed by atoms with Crippen LogP contribution < -0.4 is 15.8 Å². The molecule has 3 heterocycles. The molecule has 1 amide bonds. The first kappa shape index (κ1) is 16.9. The Balaban J connectivity index is 1.45. The Morgan fingerprint density at radius 2 is 2.08 bits per heavy atom. The Morgan fingerprint density at radius 3 is 2.85 bits per heavy atom. The summed E-state index contributed by atoms with van der Waals surface area (Å²) in [6.45, 7) is 3.07. The molecule has 7 nitrogen and oxygen atoms in total. The van der Waals surface area contributed by atoms with Crippen molar-refractivity contribution in [1.82, 2.24) is 19.9 Å². The first-order valence-electron chi connectivity index (χ1n) is 8.61. The van der Waals surface area contributed by atoms with Crippen molar-refractivity contribution in [2.24, 2.45) is 0 Å². The topological polar surface area (TPSA) is 79.6 Å². The van der Waals surface area contributed by atoms with E-state index in [0.717, 1.165) is 17.1 Å². The van der Waals surface area contributed by atoms with Gasteiger partial charge in [0.1, 0.15) is 5.01 Å². The van der Waals surface area contributed by atoms with Gasteiger partial charge in [-0.3, -0.25) is 9.59 Å². The van der Waals surface area contributed by atoms with Gasteiger partial charge in [0.25, 0.3) is 5.56 Å². The molecule has 26 heavy (non-hydrogen) atoms. The number of benzene rings is 1. The highest BCUT2D eigenvalue weighted by atomic mass is 32.1. The molecule has 1 aromatic carbocycles. The quantitative estimate of drug-likeness (QED) is 0.739. The van der Waals surface area contributed by atoms with Crippen LogP contribution in [0.25, 0.3) is 4.96 Å². The molecule has 1 atom stereocenters. The largest absolute Gasteiger partial charge is 0.311 e. The molecule has 1 saturated heterocycles. The molecule has 1 aliphatic heterocycles. The fourth-order valence-corrected chi connectivity index (χ4v) is 3.94. The van der Waals surface area contributed by atoms with Crippen LogP contribution in [-0.2, 0) is 17.8 Å². The molecule has 0 unspecified atom stereocenters. The second kappa shape index (κ2) is 6.97. The second-order valence-electron chi connectivity index (χ2n) is 6.25. The third-order valence-corrected chi connectivity index (χ3v) is 5.46. The van der Waals surface area contributed by atoms with Gasteiger partial charge >= 0.3 is 0 Å². The van der Waals surface area contributed by atoms with Crippen LogP contribution in [0.3, 0.4) is 0 Å². The summed E-state index contributed by atoms with van der Waals surface area (Å²) in [5.74, 6) is 0.104. The fraction of sp³-hybridized carbons (Fsp3) is 0.333. The number of carbonyl (C=O) groups is 1. The van der Waals surface area contributed by atoms with Gasteiger partial charge in [-0.15, -0.1) is 0 Å². The average molecular weight is 369 g/mol. The van der Waals surface area contributed by atoms with Crippen molar-refractivity contribution < 1.29 is 4.79 Å². The maximum atomic E-state index is 12.3. The Morgan fingerprint density at radius 1 is 1.27 bits per heavy atom. The van der Waals surface area contributed by atoms with E-state index in [2.05, 4.69) is 15.4 Å². The lowest BCUT2D eigenvalue weighted by molar-refractivity contribution is -0.117. The number of para-hydroxylation sites is 1. The molecule has 1 aliphatic rings. The van der Waals surface area contributed by atoms with Crippen molar-refractivity contribution >= 4 is 27.9 Å². The van der Waals surface area contributed by atoms with Crippen molar-refractivity contribution in [3.05, 3.63) is 57.5 Å². The summed E-state index contributed by atoms with van der Waals surface area (Å²) >= 11 is 1.43. The number of fused-ring (bicyclic) bond motifs is 1. The van der Waals surface area contributed by atoms with Crippen molar-refractivity contribution in [2.45, 2.75) is 32.4 Å². The number of aryl methyl sites for hydroxylation is 1. The van der Waals surface area contributed by atoms with Crippen molar-refractivity contribution in [2.75, 3.05) is 11.4 Å². The van der Waals surface area contributed by atoms with E-state index in [9.17, 15) is 9.59 Å². The summed E-state index contributed by atoms with van der Waals surface area (Å²) in [6.07, 6.45) is 1.22. The second-order valence-corrected chi connectivity index (χ2v) is 7.29. The highest BCUT2D eigenvalue weighted by molar-refractivity contribution is 7.16. The van der Waals surface area contributed by atoms with Gasteiger partial charge in [-0.2, -0.15) is 9.61 Å². The van der Waals surface area contributed by atoms with Gasteiger partial charge in [0.05, 0.1) is 5.69 Å². The van der Waals surface area contributed by atoms with Crippen LogP contribution >= 0.6 is 11.3 Å². The van der Waals surface area contributed by atoms with E-state index in [4.69, 9.17) is 0 Å². The van der Waals surface area contributed by atoms with Crippen LogP contribution in [0.5, 0.6) is 0 Å². The van der Waals surface area contributed by atoms with Crippen LogP contribution in [0.1, 0.15) is 24.0 Å². The zero-order valence-corrected chi connectivity index (χ0v) is 15.2. The van der Waals surface area contributed by atoms with Gasteiger partial charge in [0.2, 0.25) is 10.9 Å². The predicted molar refractivity (Wildman–Crippen MR) is 101 cm³/mol. The van der Waals surface area contributed by atoms with Crippen LogP contribution in [0.2, 0.25) is 0 Å². The number of carbonyl (C=O) groups excluding carboxylic acids is 1. The predicted octanol–water partition coefficient (Wildman–Crippen LogP) is 1.61. The SMILES string of the molecule is CCc1nn2c(=O)cc(CN[C@@H]3CC(=O)N(c4ccccc4)C3)nc2s1. The molecule has 1 fully saturated rings. The molecule has 2 aromatic heterocycles. The Bertz CT molecular complexity index is 998. The Kier molecular flexibility index (Phi) is 4.52. The third kappa shape index (κ3) is 3.25. The monoisotopic (exact) mass is 369 g/mol. The number of hydrogen-bond acceptors (Lipinski definition) is 6. The van der Waals surface area contributed by atoms with E-state index in [1.165, 1.54) is 21.9 Å². The molecule has 0 spiro atoms. The highest BCUT2D eigenvalue weighted by Crippen LogP contribution is 2.21. The van der Waals surface area contributed by atoms with Crippen LogP contribution in [0.15, 0.2) is 41.2 Å². The summed E-state index contributed by atoms with van der Waals surface area (Å²) in [7, 11) is 0. The normalized spacial score (nSPS) is 17.3. The molecule has 1 N–H and O–H groups in total. The number of anilines is 1. The van der Waals surface area contributed by atoms with E-state index < -0.39 is 0 Å². The molecule has 3 aromatic rings. The molecule has 0 radical (unpaired) electrons. The van der Waals surface area contributed by atoms with Crippen LogP contribution in [0, 0.1) is 0 Å². The molecule has 4 rings (SSSR count). The number of nitrogens with zero attached hydrogens (tertiary/aromatic N) is 4. The highest BCUT2D eigenvalue weighted by Gasteiger charge is 2.30. The van der Waals surface area contributed by atoms with E-state index in [0.29, 0.717) is 30.2 Å². The molecule has 8 heteroatoms. The lowest BCUT2D eigenvalue weighted by atomic mass is 10.2. The molecule has 134 valence electrons. The van der Waals surface area contributed by atoms with Gasteiger partial charge in [-0.05, 0) is 18.6 Å². The minimum absolute atomic E-state index is 0.0376. The van der Waals surface area contributed by atoms with Crippen LogP contribution in [-0.4, -0.2) is 33.1 Å². The summed E-state index contributed by atoms with van der Waals surface area (Å²) < 4.78 is 1.35. The van der Waals surface area contributed by atoms with E-state index in [1.54, 1.807) is 4.90 Å². The first-order valence-corrected chi connectivity index (χ1v) is 9.43. The summed E-state index contributed by atoms with van der Waals surface area (Å²) in [4.78, 5) is 31.4. The summed E-state index contributed by atoms with van der Waals surface area (Å²) in [6, 6.07) is 11.2. The molecule has 0 saturated carbocycles. The van der Waals surface area contributed by atoms with E-state index >= 15 is 0 Å². The number of hydrogen-bond donors (Lipinski definition) is 1. The lowest BCUT2D eigenvalue weighted by Crippen LogP contribution is -2.33. The van der Waals surface area contributed by atoms with Crippen molar-refractivity contribution in [3.8, 4) is 0 Å². The number of amides is 1. The maximum Gasteiger partial charge on any atom is 0.275 e. The smallest absolute Gasteiger partial charge is 0.275 e.